The van der Waals surface area contributed by atoms with E-state index in [2.05, 4.69) is 4.98 Å². The number of nitrogens with two attached hydrogens (primary N) is 1. The molecule has 0 bridgehead atoms. The average Bonchev–Trinajstić information content (AvgIpc) is 3.15. The molecule has 7 nitrogen and oxygen atoms in total. The van der Waals surface area contributed by atoms with Crippen molar-refractivity contribution in [1.29, 1.82) is 0 Å². The summed E-state index contributed by atoms with van der Waals surface area (Å²) in [7, 11) is 0. The van der Waals surface area contributed by atoms with Crippen molar-refractivity contribution in [2.75, 3.05) is 13.1 Å². The molecule has 0 saturated carbocycles. The highest BCUT2D eigenvalue weighted by molar-refractivity contribution is 6.31. The fourth-order valence-corrected chi connectivity index (χ4v) is 4.35. The molecular formula is C25H23ClFN5O2. The van der Waals surface area contributed by atoms with Gasteiger partial charge in [-0.25, -0.2) is 9.38 Å². The number of carbonyl (C=O) groups is 1. The summed E-state index contributed by atoms with van der Waals surface area (Å²) in [6.07, 6.45) is 4.43. The van der Waals surface area contributed by atoms with Crippen molar-refractivity contribution in [3.05, 3.63) is 89.0 Å². The fraction of sp³-hybridized carbons (Fsp3) is 0.200. The van der Waals surface area contributed by atoms with Gasteiger partial charge < -0.3 is 10.8 Å². The highest BCUT2D eigenvalue weighted by Crippen LogP contribution is 2.42. The second kappa shape index (κ2) is 9.61. The maximum atomic E-state index is 13.7. The number of aromatic nitrogens is 1. The number of hydrogen-bond donors (Lipinski definition) is 2. The quantitative estimate of drug-likeness (QED) is 0.582. The first kappa shape index (κ1) is 23.4. The van der Waals surface area contributed by atoms with E-state index in [0.717, 1.165) is 54.5 Å². The number of guanidine groups is 1. The number of carboxylic acids is 1. The number of rotatable bonds is 3. The van der Waals surface area contributed by atoms with Gasteiger partial charge in [0.1, 0.15) is 11.7 Å². The van der Waals surface area contributed by atoms with Gasteiger partial charge in [-0.05, 0) is 59.0 Å². The van der Waals surface area contributed by atoms with E-state index >= 15 is 0 Å². The van der Waals surface area contributed by atoms with Crippen LogP contribution in [0.15, 0.2) is 77.0 Å². The van der Waals surface area contributed by atoms with E-state index in [1.54, 1.807) is 24.5 Å². The van der Waals surface area contributed by atoms with Crippen molar-refractivity contribution in [2.45, 2.75) is 18.9 Å². The number of benzene rings is 2. The van der Waals surface area contributed by atoms with Crippen LogP contribution >= 0.6 is 11.6 Å². The molecule has 0 fully saturated rings. The molecule has 1 unspecified atom stereocenters. The minimum atomic E-state index is -0.854. The molecular weight excluding hydrogens is 457 g/mol. The summed E-state index contributed by atoms with van der Waals surface area (Å²) in [6.45, 7) is 2.60. The van der Waals surface area contributed by atoms with Crippen molar-refractivity contribution in [3.63, 3.8) is 0 Å². The van der Waals surface area contributed by atoms with Crippen molar-refractivity contribution in [2.24, 2.45) is 15.7 Å². The van der Waals surface area contributed by atoms with Crippen LogP contribution < -0.4 is 5.73 Å². The van der Waals surface area contributed by atoms with E-state index in [0.29, 0.717) is 5.96 Å². The summed E-state index contributed by atoms with van der Waals surface area (Å²) in [5, 5.41) is 7.51. The number of halogens is 2. The summed E-state index contributed by atoms with van der Waals surface area (Å²) in [5.41, 5.74) is 9.10. The van der Waals surface area contributed by atoms with E-state index in [-0.39, 0.29) is 5.02 Å². The lowest BCUT2D eigenvalue weighted by molar-refractivity contribution is -0.134. The zero-order valence-corrected chi connectivity index (χ0v) is 19.2. The first-order chi connectivity index (χ1) is 16.3. The van der Waals surface area contributed by atoms with Gasteiger partial charge in [-0.15, -0.1) is 0 Å². The van der Waals surface area contributed by atoms with Crippen molar-refractivity contribution >= 4 is 29.4 Å². The average molecular weight is 480 g/mol. The highest BCUT2D eigenvalue weighted by atomic mass is 35.5. The highest BCUT2D eigenvalue weighted by Gasteiger charge is 2.49. The summed E-state index contributed by atoms with van der Waals surface area (Å²) in [6, 6.07) is 16.6. The van der Waals surface area contributed by atoms with E-state index in [9.17, 15) is 4.39 Å². The number of amidine groups is 1. The van der Waals surface area contributed by atoms with E-state index in [1.165, 1.54) is 6.07 Å². The molecule has 9 heteroatoms. The standard InChI is InChI=1S/C23H19ClFN5.C2H4O2/c24-19-14-16(5-6-20(19)25)15-3-1-4-18(13-15)23(17-7-10-27-11-8-17)21-28-9-2-12-30(21)22(26)29-23;1-2(3)4/h1,3-8,10-11,13-14H,2,9,12H2,(H2,26,29);1H3,(H,3,4). The van der Waals surface area contributed by atoms with Crippen LogP contribution in [-0.4, -0.2) is 45.8 Å². The summed E-state index contributed by atoms with van der Waals surface area (Å²) >= 11 is 6.02. The van der Waals surface area contributed by atoms with Crippen LogP contribution in [0.2, 0.25) is 5.02 Å². The van der Waals surface area contributed by atoms with Crippen molar-refractivity contribution in [3.8, 4) is 11.1 Å². The van der Waals surface area contributed by atoms with Crippen molar-refractivity contribution < 1.29 is 14.3 Å². The molecule has 0 spiro atoms. The maximum absolute atomic E-state index is 13.7. The third kappa shape index (κ3) is 4.36. The van der Waals surface area contributed by atoms with Gasteiger partial charge in [0.2, 0.25) is 0 Å². The Hall–Kier alpha value is -3.78. The lowest BCUT2D eigenvalue weighted by Crippen LogP contribution is -2.46. The van der Waals surface area contributed by atoms with Gasteiger partial charge >= 0.3 is 0 Å². The third-order valence-electron chi connectivity index (χ3n) is 5.57. The molecule has 3 N–H and O–H groups in total. The Balaban J connectivity index is 0.000000636. The summed E-state index contributed by atoms with van der Waals surface area (Å²) in [4.78, 5) is 24.9. The van der Waals surface area contributed by atoms with Gasteiger partial charge in [0.25, 0.3) is 5.97 Å². The number of carboxylic acid groups (broad SMARTS) is 1. The molecule has 3 aromatic rings. The van der Waals surface area contributed by atoms with Gasteiger partial charge in [0.15, 0.2) is 11.5 Å². The van der Waals surface area contributed by atoms with Gasteiger partial charge in [-0.2, -0.15) is 0 Å². The number of hydrogen-bond acceptors (Lipinski definition) is 6. The van der Waals surface area contributed by atoms with Crippen LogP contribution in [-0.2, 0) is 10.3 Å². The number of aliphatic carboxylic acids is 1. The van der Waals surface area contributed by atoms with Gasteiger partial charge in [-0.1, -0.05) is 35.9 Å². The number of fused-ring (bicyclic) bond motifs is 1. The normalized spacial score (nSPS) is 18.9. The van der Waals surface area contributed by atoms with Crippen LogP contribution in [0.5, 0.6) is 0 Å². The molecule has 2 aliphatic rings. The van der Waals surface area contributed by atoms with E-state index in [1.807, 2.05) is 41.3 Å². The predicted octanol–water partition coefficient (Wildman–Crippen LogP) is 4.31. The Bertz CT molecular complexity index is 1280. The minimum Gasteiger partial charge on any atom is -0.481 e. The molecule has 1 aromatic heterocycles. The van der Waals surface area contributed by atoms with Crippen LogP contribution in [0.4, 0.5) is 4.39 Å². The Morgan fingerprint density at radius 1 is 1.12 bits per heavy atom. The largest absolute Gasteiger partial charge is 0.481 e. The Kier molecular flexibility index (Phi) is 6.61. The van der Waals surface area contributed by atoms with Gasteiger partial charge in [0, 0.05) is 32.4 Å². The number of aliphatic imine (C=N–C) groups is 2. The van der Waals surface area contributed by atoms with Crippen molar-refractivity contribution in [1.82, 2.24) is 9.88 Å². The molecule has 3 heterocycles. The Morgan fingerprint density at radius 2 is 1.82 bits per heavy atom. The molecule has 0 amide bonds. The number of pyridine rings is 1. The monoisotopic (exact) mass is 479 g/mol. The topological polar surface area (TPSA) is 104 Å². The first-order valence-corrected chi connectivity index (χ1v) is 11.0. The number of nitrogens with zero attached hydrogens (tertiary/aromatic N) is 4. The molecule has 1 atom stereocenters. The summed E-state index contributed by atoms with van der Waals surface area (Å²) < 4.78 is 13.7. The Morgan fingerprint density at radius 3 is 2.53 bits per heavy atom. The fourth-order valence-electron chi connectivity index (χ4n) is 4.17. The van der Waals surface area contributed by atoms with Crippen LogP contribution in [0.1, 0.15) is 24.5 Å². The molecule has 174 valence electrons. The predicted molar refractivity (Wildman–Crippen MR) is 130 cm³/mol. The van der Waals surface area contributed by atoms with E-state index < -0.39 is 17.3 Å². The second-order valence-electron chi connectivity index (χ2n) is 7.86. The van der Waals surface area contributed by atoms with Crippen LogP contribution in [0.25, 0.3) is 11.1 Å². The van der Waals surface area contributed by atoms with Crippen LogP contribution in [0, 0.1) is 5.82 Å². The van der Waals surface area contributed by atoms with E-state index in [4.69, 9.17) is 37.2 Å². The second-order valence-corrected chi connectivity index (χ2v) is 8.26. The third-order valence-corrected chi connectivity index (χ3v) is 5.86. The lowest BCUT2D eigenvalue weighted by Gasteiger charge is -2.33. The molecule has 2 aromatic carbocycles. The maximum Gasteiger partial charge on any atom is 0.300 e. The molecule has 5 rings (SSSR count). The molecule has 0 saturated heterocycles. The van der Waals surface area contributed by atoms with Gasteiger partial charge in [0.05, 0.1) is 5.02 Å². The molecule has 0 aliphatic carbocycles. The zero-order valence-electron chi connectivity index (χ0n) is 18.4. The SMILES string of the molecule is CC(=O)O.NC1=NC(c2ccncc2)(c2cccc(-c3ccc(F)c(Cl)c3)c2)C2=NCCCN12. The smallest absolute Gasteiger partial charge is 0.300 e. The summed E-state index contributed by atoms with van der Waals surface area (Å²) in [5.74, 6) is 0.0115. The van der Waals surface area contributed by atoms with Crippen LogP contribution in [0.3, 0.4) is 0 Å². The lowest BCUT2D eigenvalue weighted by atomic mass is 9.81. The minimum absolute atomic E-state index is 0.0905. The molecule has 0 radical (unpaired) electrons. The Labute approximate surface area is 201 Å². The molecule has 2 aliphatic heterocycles. The zero-order chi connectivity index (χ0) is 24.3. The first-order valence-electron chi connectivity index (χ1n) is 10.7. The molecule has 34 heavy (non-hydrogen) atoms. The van der Waals surface area contributed by atoms with Gasteiger partial charge in [-0.3, -0.25) is 19.7 Å².